The van der Waals surface area contributed by atoms with Crippen molar-refractivity contribution >= 4 is 26.5 Å². The van der Waals surface area contributed by atoms with Crippen LogP contribution in [0.1, 0.15) is 29.7 Å². The van der Waals surface area contributed by atoms with E-state index in [4.69, 9.17) is 0 Å². The molecular formula is C16H21N3O2S2. The number of rotatable bonds is 5. The molecule has 7 heteroatoms. The molecule has 0 amide bonds. The summed E-state index contributed by atoms with van der Waals surface area (Å²) >= 11 is 1.57. The third-order valence-corrected chi connectivity index (χ3v) is 6.83. The molecule has 1 saturated heterocycles. The topological polar surface area (TPSA) is 62.3 Å². The minimum atomic E-state index is -3.42. The highest BCUT2D eigenvalue weighted by Gasteiger charge is 2.27. The molecule has 2 aromatic rings. The number of anilines is 1. The van der Waals surface area contributed by atoms with E-state index in [-0.39, 0.29) is 0 Å². The Hall–Kier alpha value is -1.44. The number of nitrogens with zero attached hydrogens (tertiary/aromatic N) is 2. The first-order valence-corrected chi connectivity index (χ1v) is 10.1. The zero-order valence-electron chi connectivity index (χ0n) is 13.2. The highest BCUT2D eigenvalue weighted by atomic mass is 32.2. The van der Waals surface area contributed by atoms with Gasteiger partial charge in [-0.3, -0.25) is 0 Å². The van der Waals surface area contributed by atoms with E-state index in [9.17, 15) is 8.42 Å². The van der Waals surface area contributed by atoms with Crippen molar-refractivity contribution < 1.29 is 8.42 Å². The number of benzene rings is 1. The van der Waals surface area contributed by atoms with E-state index in [1.165, 1.54) is 0 Å². The molecule has 0 aliphatic carbocycles. The minimum absolute atomic E-state index is 0.405. The van der Waals surface area contributed by atoms with Gasteiger partial charge in [0, 0.05) is 30.7 Å². The van der Waals surface area contributed by atoms with Gasteiger partial charge in [-0.1, -0.05) is 24.6 Å². The number of thiazole rings is 1. The van der Waals surface area contributed by atoms with Gasteiger partial charge in [0.25, 0.3) is 0 Å². The quantitative estimate of drug-likeness (QED) is 0.898. The monoisotopic (exact) mass is 351 g/mol. The van der Waals surface area contributed by atoms with Crippen LogP contribution < -0.4 is 5.32 Å². The number of aryl methyl sites for hydroxylation is 1. The summed E-state index contributed by atoms with van der Waals surface area (Å²) in [5.74, 6) is 0. The first kappa shape index (κ1) is 16.4. The lowest BCUT2D eigenvalue weighted by Gasteiger charge is -2.26. The second-order valence-corrected chi connectivity index (χ2v) is 8.84. The molecule has 1 N–H and O–H groups in total. The molecule has 1 fully saturated rings. The van der Waals surface area contributed by atoms with Gasteiger partial charge < -0.3 is 5.32 Å². The Morgan fingerprint density at radius 1 is 1.22 bits per heavy atom. The van der Waals surface area contributed by atoms with Crippen LogP contribution in [0.5, 0.6) is 0 Å². The van der Waals surface area contributed by atoms with Crippen LogP contribution in [0.3, 0.4) is 0 Å². The summed E-state index contributed by atoms with van der Waals surface area (Å²) in [7, 11) is -3.42. The van der Waals surface area contributed by atoms with Crippen LogP contribution in [0.2, 0.25) is 0 Å². The number of sulfonamides is 1. The first-order valence-electron chi connectivity index (χ1n) is 7.82. The van der Waals surface area contributed by atoms with Gasteiger partial charge in [0.15, 0.2) is 5.13 Å². The number of hydrogen-bond donors (Lipinski definition) is 1. The lowest BCUT2D eigenvalue weighted by atomic mass is 10.2. The van der Waals surface area contributed by atoms with Crippen molar-refractivity contribution in [1.29, 1.82) is 0 Å². The molecule has 1 aliphatic heterocycles. The van der Waals surface area contributed by atoms with Crippen molar-refractivity contribution in [3.63, 3.8) is 0 Å². The first-order chi connectivity index (χ1) is 11.1. The lowest BCUT2D eigenvalue weighted by Crippen LogP contribution is -2.36. The van der Waals surface area contributed by atoms with Gasteiger partial charge in [-0.25, -0.2) is 13.4 Å². The van der Waals surface area contributed by atoms with Gasteiger partial charge >= 0.3 is 0 Å². The molecule has 0 bridgehead atoms. The maximum Gasteiger partial charge on any atom is 0.243 e. The van der Waals surface area contributed by atoms with Gasteiger partial charge in [0.2, 0.25) is 10.0 Å². The summed E-state index contributed by atoms with van der Waals surface area (Å²) in [4.78, 5) is 5.79. The number of piperidine rings is 1. The maximum absolute atomic E-state index is 12.9. The molecule has 1 aromatic heterocycles. The summed E-state index contributed by atoms with van der Waals surface area (Å²) in [5.41, 5.74) is 0.783. The van der Waals surface area contributed by atoms with Crippen LogP contribution in [0.4, 0.5) is 5.13 Å². The summed E-state index contributed by atoms with van der Waals surface area (Å²) in [6, 6.07) is 7.23. The van der Waals surface area contributed by atoms with Crippen LogP contribution in [0.15, 0.2) is 35.4 Å². The summed E-state index contributed by atoms with van der Waals surface area (Å²) in [6.07, 6.45) is 4.80. The van der Waals surface area contributed by atoms with Crippen molar-refractivity contribution in [2.45, 2.75) is 37.6 Å². The Labute approximate surface area is 141 Å². The summed E-state index contributed by atoms with van der Waals surface area (Å²) in [5, 5.41) is 4.03. The van der Waals surface area contributed by atoms with Crippen molar-refractivity contribution in [2.75, 3.05) is 18.4 Å². The molecular weight excluding hydrogens is 330 g/mol. The van der Waals surface area contributed by atoms with Gasteiger partial charge in [-0.05, 0) is 31.4 Å². The molecule has 1 aliphatic rings. The maximum atomic E-state index is 12.9. The molecule has 0 radical (unpaired) electrons. The third-order valence-electron chi connectivity index (χ3n) is 3.96. The smallest absolute Gasteiger partial charge is 0.243 e. The van der Waals surface area contributed by atoms with Crippen LogP contribution in [-0.2, 0) is 16.6 Å². The van der Waals surface area contributed by atoms with Crippen LogP contribution in [-0.4, -0.2) is 30.8 Å². The molecule has 0 spiro atoms. The van der Waals surface area contributed by atoms with Crippen molar-refractivity contribution in [3.05, 3.63) is 40.9 Å². The molecule has 2 heterocycles. The van der Waals surface area contributed by atoms with E-state index in [1.807, 2.05) is 25.3 Å². The van der Waals surface area contributed by atoms with Crippen molar-refractivity contribution in [2.24, 2.45) is 0 Å². The van der Waals surface area contributed by atoms with Crippen molar-refractivity contribution in [3.8, 4) is 0 Å². The van der Waals surface area contributed by atoms with Gasteiger partial charge in [0.1, 0.15) is 0 Å². The Bertz CT molecular complexity index is 765. The third kappa shape index (κ3) is 3.73. The highest BCUT2D eigenvalue weighted by molar-refractivity contribution is 7.89. The zero-order chi connectivity index (χ0) is 16.3. The summed E-state index contributed by atoms with van der Waals surface area (Å²) < 4.78 is 27.4. The van der Waals surface area contributed by atoms with E-state index in [0.29, 0.717) is 24.5 Å². The fraction of sp³-hybridized carbons (Fsp3) is 0.438. The van der Waals surface area contributed by atoms with Crippen LogP contribution >= 0.6 is 11.3 Å². The zero-order valence-corrected chi connectivity index (χ0v) is 14.8. The Morgan fingerprint density at radius 2 is 1.96 bits per heavy atom. The Balaban J connectivity index is 1.82. The molecule has 124 valence electrons. The predicted molar refractivity (Wildman–Crippen MR) is 93.2 cm³/mol. The minimum Gasteiger partial charge on any atom is -0.357 e. The number of nitrogens with one attached hydrogen (secondary N) is 1. The molecule has 5 nitrogen and oxygen atoms in total. The van der Waals surface area contributed by atoms with E-state index in [0.717, 1.165) is 34.8 Å². The van der Waals surface area contributed by atoms with Crippen molar-refractivity contribution in [1.82, 2.24) is 9.29 Å². The highest BCUT2D eigenvalue weighted by Crippen LogP contribution is 2.25. The lowest BCUT2D eigenvalue weighted by molar-refractivity contribution is 0.346. The fourth-order valence-corrected chi connectivity index (χ4v) is 5.15. The molecule has 23 heavy (non-hydrogen) atoms. The molecule has 0 saturated carbocycles. The average molecular weight is 351 g/mol. The van der Waals surface area contributed by atoms with Gasteiger partial charge in [0.05, 0.1) is 4.90 Å². The van der Waals surface area contributed by atoms with Gasteiger partial charge in [-0.2, -0.15) is 4.31 Å². The molecule has 0 atom stereocenters. The summed E-state index contributed by atoms with van der Waals surface area (Å²) in [6.45, 7) is 3.69. The number of hydrogen-bond acceptors (Lipinski definition) is 5. The van der Waals surface area contributed by atoms with Gasteiger partial charge in [-0.15, -0.1) is 11.3 Å². The van der Waals surface area contributed by atoms with E-state index >= 15 is 0 Å². The Kier molecular flexibility index (Phi) is 4.99. The molecule has 0 unspecified atom stereocenters. The standard InChI is InChI=1S/C16H21N3O2S2/c1-13-11-17-16(22-13)18-12-14-7-3-4-8-15(14)23(20,21)19-9-5-2-6-10-19/h3-4,7-8,11H,2,5-6,9-10,12H2,1H3,(H,17,18). The van der Waals surface area contributed by atoms with E-state index < -0.39 is 10.0 Å². The average Bonchev–Trinajstić information content (AvgIpc) is 2.99. The van der Waals surface area contributed by atoms with E-state index in [2.05, 4.69) is 10.3 Å². The van der Waals surface area contributed by atoms with Crippen LogP contribution in [0.25, 0.3) is 0 Å². The second kappa shape index (κ2) is 6.98. The second-order valence-electron chi connectivity index (χ2n) is 5.70. The fourth-order valence-electron chi connectivity index (χ4n) is 2.75. The SMILES string of the molecule is Cc1cnc(NCc2ccccc2S(=O)(=O)N2CCCCC2)s1. The number of aromatic nitrogens is 1. The largest absolute Gasteiger partial charge is 0.357 e. The predicted octanol–water partition coefficient (Wildman–Crippen LogP) is 3.24. The normalized spacial score (nSPS) is 16.4. The molecule has 1 aromatic carbocycles. The Morgan fingerprint density at radius 3 is 2.65 bits per heavy atom. The van der Waals surface area contributed by atoms with E-state index in [1.54, 1.807) is 27.8 Å². The van der Waals surface area contributed by atoms with Crippen LogP contribution in [0, 0.1) is 6.92 Å². The molecule has 3 rings (SSSR count).